The SMILES string of the molecule is COc1ccc2c3c([nH]c2c1)[C@@H](c1ccccc1)NCC3. The molecule has 3 nitrogen and oxygen atoms in total. The van der Waals surface area contributed by atoms with Crippen molar-refractivity contribution in [1.29, 1.82) is 0 Å². The normalized spacial score (nSPS) is 17.7. The Bertz CT molecular complexity index is 777. The van der Waals surface area contributed by atoms with Crippen LogP contribution < -0.4 is 10.1 Å². The molecule has 1 aliphatic rings. The summed E-state index contributed by atoms with van der Waals surface area (Å²) in [4.78, 5) is 3.60. The monoisotopic (exact) mass is 278 g/mol. The molecule has 0 fully saturated rings. The molecule has 106 valence electrons. The molecule has 3 heteroatoms. The summed E-state index contributed by atoms with van der Waals surface area (Å²) >= 11 is 0. The van der Waals surface area contributed by atoms with Gasteiger partial charge in [-0.05, 0) is 29.7 Å². The highest BCUT2D eigenvalue weighted by Crippen LogP contribution is 2.34. The summed E-state index contributed by atoms with van der Waals surface area (Å²) in [6, 6.07) is 17.1. The maximum Gasteiger partial charge on any atom is 0.120 e. The summed E-state index contributed by atoms with van der Waals surface area (Å²) < 4.78 is 5.33. The molecule has 1 atom stereocenters. The van der Waals surface area contributed by atoms with Crippen molar-refractivity contribution in [1.82, 2.24) is 10.3 Å². The molecule has 0 radical (unpaired) electrons. The van der Waals surface area contributed by atoms with Gasteiger partial charge >= 0.3 is 0 Å². The largest absolute Gasteiger partial charge is 0.497 e. The molecule has 2 N–H and O–H groups in total. The van der Waals surface area contributed by atoms with E-state index in [1.807, 2.05) is 6.07 Å². The van der Waals surface area contributed by atoms with Crippen molar-refractivity contribution in [3.63, 3.8) is 0 Å². The zero-order valence-corrected chi connectivity index (χ0v) is 12.0. The summed E-state index contributed by atoms with van der Waals surface area (Å²) in [5.74, 6) is 0.894. The van der Waals surface area contributed by atoms with E-state index in [2.05, 4.69) is 52.8 Å². The molecule has 0 bridgehead atoms. The van der Waals surface area contributed by atoms with Gasteiger partial charge in [0.2, 0.25) is 0 Å². The van der Waals surface area contributed by atoms with Gasteiger partial charge in [-0.3, -0.25) is 0 Å². The summed E-state index contributed by atoms with van der Waals surface area (Å²) in [6.07, 6.45) is 1.06. The second-order valence-corrected chi connectivity index (χ2v) is 5.48. The first-order valence-electron chi connectivity index (χ1n) is 7.33. The van der Waals surface area contributed by atoms with Gasteiger partial charge < -0.3 is 15.0 Å². The Morgan fingerprint density at radius 2 is 1.95 bits per heavy atom. The van der Waals surface area contributed by atoms with Gasteiger partial charge in [0.05, 0.1) is 13.2 Å². The third-order valence-electron chi connectivity index (χ3n) is 4.29. The molecule has 21 heavy (non-hydrogen) atoms. The fourth-order valence-corrected chi connectivity index (χ4v) is 3.27. The Kier molecular flexibility index (Phi) is 2.93. The minimum Gasteiger partial charge on any atom is -0.497 e. The molecule has 0 amide bonds. The van der Waals surface area contributed by atoms with E-state index in [1.165, 1.54) is 22.2 Å². The third-order valence-corrected chi connectivity index (χ3v) is 4.29. The first-order chi connectivity index (χ1) is 10.4. The Morgan fingerprint density at radius 3 is 2.76 bits per heavy atom. The number of methoxy groups -OCH3 is 1. The van der Waals surface area contributed by atoms with Crippen LogP contribution in [0.15, 0.2) is 48.5 Å². The van der Waals surface area contributed by atoms with Gasteiger partial charge in [-0.25, -0.2) is 0 Å². The lowest BCUT2D eigenvalue weighted by molar-refractivity contribution is 0.415. The molecule has 2 aromatic carbocycles. The third kappa shape index (κ3) is 2.01. The molecule has 1 aromatic heterocycles. The molecule has 0 aliphatic carbocycles. The Labute approximate surface area is 123 Å². The second-order valence-electron chi connectivity index (χ2n) is 5.48. The van der Waals surface area contributed by atoms with Crippen molar-refractivity contribution >= 4 is 10.9 Å². The topological polar surface area (TPSA) is 37.0 Å². The summed E-state index contributed by atoms with van der Waals surface area (Å²) in [6.45, 7) is 1.01. The van der Waals surface area contributed by atoms with Crippen LogP contribution in [0.5, 0.6) is 5.75 Å². The van der Waals surface area contributed by atoms with Gasteiger partial charge in [0.1, 0.15) is 5.75 Å². The highest BCUT2D eigenvalue weighted by atomic mass is 16.5. The van der Waals surface area contributed by atoms with E-state index in [0.29, 0.717) is 0 Å². The Hall–Kier alpha value is -2.26. The fraction of sp³-hybridized carbons (Fsp3) is 0.222. The number of fused-ring (bicyclic) bond motifs is 3. The lowest BCUT2D eigenvalue weighted by Crippen LogP contribution is -2.30. The van der Waals surface area contributed by atoms with Crippen LogP contribution in [0.3, 0.4) is 0 Å². The first kappa shape index (κ1) is 12.5. The smallest absolute Gasteiger partial charge is 0.120 e. The van der Waals surface area contributed by atoms with Crippen molar-refractivity contribution < 1.29 is 4.74 Å². The fourth-order valence-electron chi connectivity index (χ4n) is 3.27. The van der Waals surface area contributed by atoms with Gasteiger partial charge in [-0.1, -0.05) is 30.3 Å². The second kappa shape index (κ2) is 4.93. The van der Waals surface area contributed by atoms with Crippen molar-refractivity contribution in [2.24, 2.45) is 0 Å². The van der Waals surface area contributed by atoms with Gasteiger partial charge in [0.25, 0.3) is 0 Å². The van der Waals surface area contributed by atoms with Crippen LogP contribution in [0.1, 0.15) is 22.9 Å². The molecule has 2 heterocycles. The highest BCUT2D eigenvalue weighted by Gasteiger charge is 2.24. The van der Waals surface area contributed by atoms with E-state index < -0.39 is 0 Å². The predicted molar refractivity (Wildman–Crippen MR) is 84.8 cm³/mol. The minimum atomic E-state index is 0.244. The number of nitrogens with one attached hydrogen (secondary N) is 2. The molecule has 0 unspecified atom stereocenters. The van der Waals surface area contributed by atoms with Crippen LogP contribution in [-0.4, -0.2) is 18.6 Å². The number of hydrogen-bond donors (Lipinski definition) is 2. The zero-order valence-electron chi connectivity index (χ0n) is 12.0. The quantitative estimate of drug-likeness (QED) is 0.753. The lowest BCUT2D eigenvalue weighted by Gasteiger charge is -2.24. The summed E-state index contributed by atoms with van der Waals surface area (Å²) in [5.41, 5.74) is 5.18. The summed E-state index contributed by atoms with van der Waals surface area (Å²) in [7, 11) is 1.71. The van der Waals surface area contributed by atoms with Crippen molar-refractivity contribution in [2.45, 2.75) is 12.5 Å². The minimum absolute atomic E-state index is 0.244. The molecule has 1 aliphatic heterocycles. The maximum absolute atomic E-state index is 5.33. The van der Waals surface area contributed by atoms with Crippen LogP contribution in [-0.2, 0) is 6.42 Å². The number of hydrogen-bond acceptors (Lipinski definition) is 2. The molecule has 0 saturated heterocycles. The Balaban J connectivity index is 1.88. The van der Waals surface area contributed by atoms with Crippen molar-refractivity contribution in [2.75, 3.05) is 13.7 Å². The maximum atomic E-state index is 5.33. The number of H-pyrrole nitrogens is 1. The molecule has 0 saturated carbocycles. The van der Waals surface area contributed by atoms with Gasteiger partial charge in [-0.15, -0.1) is 0 Å². The number of benzene rings is 2. The van der Waals surface area contributed by atoms with E-state index in [-0.39, 0.29) is 6.04 Å². The van der Waals surface area contributed by atoms with Crippen LogP contribution >= 0.6 is 0 Å². The zero-order chi connectivity index (χ0) is 14.2. The highest BCUT2D eigenvalue weighted by molar-refractivity contribution is 5.86. The van der Waals surface area contributed by atoms with Gasteiger partial charge in [0, 0.05) is 29.2 Å². The Morgan fingerprint density at radius 1 is 1.10 bits per heavy atom. The van der Waals surface area contributed by atoms with Crippen LogP contribution in [0, 0.1) is 0 Å². The van der Waals surface area contributed by atoms with E-state index in [1.54, 1.807) is 7.11 Å². The van der Waals surface area contributed by atoms with Crippen LogP contribution in [0.25, 0.3) is 10.9 Å². The molecule has 3 aromatic rings. The lowest BCUT2D eigenvalue weighted by atomic mass is 9.94. The first-order valence-corrected chi connectivity index (χ1v) is 7.33. The van der Waals surface area contributed by atoms with Crippen molar-refractivity contribution in [3.05, 3.63) is 65.4 Å². The predicted octanol–water partition coefficient (Wildman–Crippen LogP) is 3.41. The summed E-state index contributed by atoms with van der Waals surface area (Å²) in [5, 5.41) is 4.93. The number of ether oxygens (including phenoxy) is 1. The standard InChI is InChI=1S/C18H18N2O/c1-21-13-7-8-14-15-9-10-19-17(12-5-3-2-4-6-12)18(15)20-16(14)11-13/h2-8,11,17,19-20H,9-10H2,1H3/t17-/m1/s1. The molecule has 4 rings (SSSR count). The van der Waals surface area contributed by atoms with Gasteiger partial charge in [0.15, 0.2) is 0 Å². The average molecular weight is 278 g/mol. The van der Waals surface area contributed by atoms with E-state index in [0.717, 1.165) is 24.2 Å². The van der Waals surface area contributed by atoms with Crippen LogP contribution in [0.4, 0.5) is 0 Å². The molecular formula is C18H18N2O. The average Bonchev–Trinajstić information content (AvgIpc) is 2.93. The number of aromatic amines is 1. The van der Waals surface area contributed by atoms with E-state index in [4.69, 9.17) is 4.74 Å². The van der Waals surface area contributed by atoms with E-state index >= 15 is 0 Å². The number of rotatable bonds is 2. The van der Waals surface area contributed by atoms with Gasteiger partial charge in [-0.2, -0.15) is 0 Å². The molecular weight excluding hydrogens is 260 g/mol. The van der Waals surface area contributed by atoms with Crippen LogP contribution in [0.2, 0.25) is 0 Å². The molecule has 0 spiro atoms. The number of aromatic nitrogens is 1. The van der Waals surface area contributed by atoms with Crippen molar-refractivity contribution in [3.8, 4) is 5.75 Å². The van der Waals surface area contributed by atoms with E-state index in [9.17, 15) is 0 Å².